The number of carbonyl (C=O) groups excluding carboxylic acids is 1. The number of rotatable bonds is 11. The Hall–Kier alpha value is -0.733. The lowest BCUT2D eigenvalue weighted by molar-refractivity contribution is -0.139. The van der Waals surface area contributed by atoms with Crippen molar-refractivity contribution < 1.29 is 27.5 Å². The summed E-state index contributed by atoms with van der Waals surface area (Å²) in [4.78, 5) is 10.7. The van der Waals surface area contributed by atoms with Gasteiger partial charge in [0.15, 0.2) is 0 Å². The largest absolute Gasteiger partial charge is 0.502 e. The SMILES string of the molecule is C=CC(=O)OCCOCC[Si](OC)(OC)OCC. The van der Waals surface area contributed by atoms with E-state index in [-0.39, 0.29) is 6.61 Å². The Morgan fingerprint density at radius 2 is 1.89 bits per heavy atom. The lowest BCUT2D eigenvalue weighted by atomic mass is 10.6. The van der Waals surface area contributed by atoms with Crippen molar-refractivity contribution in [2.75, 3.05) is 40.6 Å². The van der Waals surface area contributed by atoms with Crippen LogP contribution in [0.1, 0.15) is 6.92 Å². The van der Waals surface area contributed by atoms with Crippen molar-refractivity contribution in [3.8, 4) is 0 Å². The van der Waals surface area contributed by atoms with Gasteiger partial charge in [-0.05, 0) is 6.92 Å². The zero-order valence-corrected chi connectivity index (χ0v) is 12.3. The third-order valence-corrected chi connectivity index (χ3v) is 4.97. The van der Waals surface area contributed by atoms with Crippen molar-refractivity contribution in [2.24, 2.45) is 0 Å². The lowest BCUT2D eigenvalue weighted by Crippen LogP contribution is -2.44. The molecule has 0 heterocycles. The molecule has 0 atom stereocenters. The summed E-state index contributed by atoms with van der Waals surface area (Å²) < 4.78 is 26.2. The van der Waals surface area contributed by atoms with Crippen LogP contribution in [0.15, 0.2) is 12.7 Å². The van der Waals surface area contributed by atoms with Crippen LogP contribution in [0.4, 0.5) is 0 Å². The molecule has 0 aromatic rings. The Balaban J connectivity index is 3.73. The topological polar surface area (TPSA) is 63.2 Å². The first-order chi connectivity index (χ1) is 8.64. The van der Waals surface area contributed by atoms with E-state index in [2.05, 4.69) is 6.58 Å². The summed E-state index contributed by atoms with van der Waals surface area (Å²) in [7, 11) is 0.552. The Kier molecular flexibility index (Phi) is 9.80. The highest BCUT2D eigenvalue weighted by atomic mass is 28.4. The summed E-state index contributed by atoms with van der Waals surface area (Å²) in [6, 6.07) is 0.559. The third kappa shape index (κ3) is 6.87. The summed E-state index contributed by atoms with van der Waals surface area (Å²) in [6.07, 6.45) is 1.11. The molecular weight excluding hydrogens is 256 g/mol. The normalized spacial score (nSPS) is 11.3. The molecule has 0 spiro atoms. The molecule has 0 bridgehead atoms. The quantitative estimate of drug-likeness (QED) is 0.243. The van der Waals surface area contributed by atoms with Crippen molar-refractivity contribution >= 4 is 14.8 Å². The fraction of sp³-hybridized carbons (Fsp3) is 0.727. The van der Waals surface area contributed by atoms with Crippen LogP contribution in [-0.4, -0.2) is 55.4 Å². The molecule has 0 aromatic heterocycles. The molecule has 7 heteroatoms. The molecule has 0 saturated heterocycles. The van der Waals surface area contributed by atoms with Gasteiger partial charge in [-0.2, -0.15) is 0 Å². The fourth-order valence-corrected chi connectivity index (χ4v) is 3.05. The number of hydrogen-bond donors (Lipinski definition) is 0. The molecule has 0 unspecified atom stereocenters. The molecule has 0 aromatic carbocycles. The minimum absolute atomic E-state index is 0.202. The molecule has 0 rings (SSSR count). The van der Waals surface area contributed by atoms with Crippen molar-refractivity contribution in [3.63, 3.8) is 0 Å². The summed E-state index contributed by atoms with van der Waals surface area (Å²) in [5, 5.41) is 0. The minimum atomic E-state index is -2.58. The van der Waals surface area contributed by atoms with Crippen LogP contribution in [-0.2, 0) is 27.5 Å². The highest BCUT2D eigenvalue weighted by Gasteiger charge is 2.38. The molecule has 0 aliphatic heterocycles. The molecular formula is C11H22O6Si. The van der Waals surface area contributed by atoms with Crippen LogP contribution in [0.25, 0.3) is 0 Å². The second kappa shape index (κ2) is 10.2. The van der Waals surface area contributed by atoms with E-state index in [0.29, 0.717) is 25.9 Å². The van der Waals surface area contributed by atoms with Crippen molar-refractivity contribution in [2.45, 2.75) is 13.0 Å². The van der Waals surface area contributed by atoms with Gasteiger partial charge in [0.05, 0.1) is 13.2 Å². The lowest BCUT2D eigenvalue weighted by Gasteiger charge is -2.25. The van der Waals surface area contributed by atoms with E-state index >= 15 is 0 Å². The second-order valence-corrected chi connectivity index (χ2v) is 6.23. The van der Waals surface area contributed by atoms with Gasteiger partial charge in [-0.25, -0.2) is 4.79 Å². The minimum Gasteiger partial charge on any atom is -0.460 e. The molecule has 106 valence electrons. The standard InChI is InChI=1S/C11H22O6Si/c1-5-11(12)16-8-7-15-9-10-18(13-3,14-4)17-6-2/h5H,1,6-10H2,2-4H3. The van der Waals surface area contributed by atoms with Gasteiger partial charge in [0, 0.05) is 32.9 Å². The number of carbonyl (C=O) groups is 1. The zero-order chi connectivity index (χ0) is 13.9. The van der Waals surface area contributed by atoms with Gasteiger partial charge in [-0.1, -0.05) is 6.58 Å². The second-order valence-electron chi connectivity index (χ2n) is 3.26. The Morgan fingerprint density at radius 1 is 1.22 bits per heavy atom. The summed E-state index contributed by atoms with van der Waals surface area (Å²) in [5.74, 6) is -0.453. The first-order valence-corrected chi connectivity index (χ1v) is 7.68. The van der Waals surface area contributed by atoms with Gasteiger partial charge >= 0.3 is 14.8 Å². The van der Waals surface area contributed by atoms with Crippen LogP contribution in [0, 0.1) is 0 Å². The van der Waals surface area contributed by atoms with Gasteiger partial charge in [0.2, 0.25) is 0 Å². The summed E-state index contributed by atoms with van der Waals surface area (Å²) >= 11 is 0. The van der Waals surface area contributed by atoms with E-state index in [4.69, 9.17) is 22.8 Å². The van der Waals surface area contributed by atoms with E-state index in [1.165, 1.54) is 0 Å². The van der Waals surface area contributed by atoms with E-state index in [0.717, 1.165) is 6.08 Å². The molecule has 0 amide bonds. The molecule has 0 aliphatic carbocycles. The number of esters is 1. The Morgan fingerprint density at radius 3 is 2.39 bits per heavy atom. The summed E-state index contributed by atoms with van der Waals surface area (Å²) in [6.45, 7) is 6.66. The van der Waals surface area contributed by atoms with Crippen LogP contribution >= 0.6 is 0 Å². The first kappa shape index (κ1) is 17.3. The number of hydrogen-bond acceptors (Lipinski definition) is 6. The predicted molar refractivity (Wildman–Crippen MR) is 68.2 cm³/mol. The molecule has 18 heavy (non-hydrogen) atoms. The average molecular weight is 278 g/mol. The fourth-order valence-electron chi connectivity index (χ4n) is 1.26. The van der Waals surface area contributed by atoms with Crippen LogP contribution in [0.3, 0.4) is 0 Å². The zero-order valence-electron chi connectivity index (χ0n) is 11.3. The monoisotopic (exact) mass is 278 g/mol. The first-order valence-electron chi connectivity index (χ1n) is 5.75. The maximum Gasteiger partial charge on any atom is 0.502 e. The van der Waals surface area contributed by atoms with Gasteiger partial charge < -0.3 is 22.8 Å². The average Bonchev–Trinajstić information content (AvgIpc) is 2.41. The number of ether oxygens (including phenoxy) is 2. The molecule has 0 fully saturated rings. The summed E-state index contributed by atoms with van der Waals surface area (Å²) in [5.41, 5.74) is 0. The molecule has 6 nitrogen and oxygen atoms in total. The smallest absolute Gasteiger partial charge is 0.460 e. The van der Waals surface area contributed by atoms with Crippen LogP contribution < -0.4 is 0 Å². The van der Waals surface area contributed by atoms with Crippen molar-refractivity contribution in [1.82, 2.24) is 0 Å². The van der Waals surface area contributed by atoms with Crippen molar-refractivity contribution in [3.05, 3.63) is 12.7 Å². The molecule has 0 saturated carbocycles. The van der Waals surface area contributed by atoms with E-state index in [1.54, 1.807) is 14.2 Å². The highest BCUT2D eigenvalue weighted by Crippen LogP contribution is 2.13. The maximum absolute atomic E-state index is 10.7. The van der Waals surface area contributed by atoms with Gasteiger partial charge in [-0.3, -0.25) is 0 Å². The van der Waals surface area contributed by atoms with Gasteiger partial charge in [0.25, 0.3) is 0 Å². The molecule has 0 aliphatic rings. The van der Waals surface area contributed by atoms with Crippen LogP contribution in [0.5, 0.6) is 0 Å². The molecule has 0 radical (unpaired) electrons. The Bertz CT molecular complexity index is 242. The predicted octanol–water partition coefficient (Wildman–Crippen LogP) is 1.00. The van der Waals surface area contributed by atoms with Crippen molar-refractivity contribution in [1.29, 1.82) is 0 Å². The van der Waals surface area contributed by atoms with Crippen LogP contribution in [0.2, 0.25) is 6.04 Å². The van der Waals surface area contributed by atoms with E-state index < -0.39 is 14.8 Å². The van der Waals surface area contributed by atoms with E-state index in [9.17, 15) is 4.79 Å². The molecule has 0 N–H and O–H groups in total. The van der Waals surface area contributed by atoms with Gasteiger partial charge in [-0.15, -0.1) is 0 Å². The highest BCUT2D eigenvalue weighted by molar-refractivity contribution is 6.60. The third-order valence-electron chi connectivity index (χ3n) is 2.18. The maximum atomic E-state index is 10.7. The Labute approximate surface area is 109 Å². The van der Waals surface area contributed by atoms with Gasteiger partial charge in [0.1, 0.15) is 6.61 Å². The van der Waals surface area contributed by atoms with E-state index in [1.807, 2.05) is 6.92 Å².